The zero-order chi connectivity index (χ0) is 20.5. The molecule has 0 bridgehead atoms. The van der Waals surface area contributed by atoms with Gasteiger partial charge in [-0.25, -0.2) is 4.98 Å². The van der Waals surface area contributed by atoms with Crippen molar-refractivity contribution in [3.8, 4) is 0 Å². The standard InChI is InChI=1S/C22H30N6OS/c1-3-9-27(10-4-2)21-19-18(24-26-25-21)17-15-7-5-6-8-16(15)20(23-22(17)30-19)28-11-13-29-14-12-28/h3-14H2,1-2H3/p+1. The third-order valence-electron chi connectivity index (χ3n) is 6.27. The first-order chi connectivity index (χ1) is 14.8. The Labute approximate surface area is 181 Å². The van der Waals surface area contributed by atoms with Crippen LogP contribution in [-0.4, -0.2) is 54.8 Å². The Bertz CT molecular complexity index is 1040. The number of fused-ring (bicyclic) bond motifs is 5. The van der Waals surface area contributed by atoms with E-state index in [1.807, 2.05) is 0 Å². The minimum atomic E-state index is 0.801. The van der Waals surface area contributed by atoms with Gasteiger partial charge in [0.05, 0.1) is 18.6 Å². The first-order valence-corrected chi connectivity index (χ1v) is 12.2. The summed E-state index contributed by atoms with van der Waals surface area (Å²) in [5.41, 5.74) is 3.99. The van der Waals surface area contributed by atoms with Crippen LogP contribution in [-0.2, 0) is 17.6 Å². The molecule has 0 amide bonds. The number of ether oxygens (including phenoxy) is 1. The largest absolute Gasteiger partial charge is 0.373 e. The Morgan fingerprint density at radius 2 is 1.77 bits per heavy atom. The SMILES string of the molecule is CCCN(CCC)c1nnnc2c1sc1[nH+]c(N3CCOCC3)c3c(c12)CCCC3. The van der Waals surface area contributed by atoms with E-state index >= 15 is 0 Å². The molecule has 5 rings (SSSR count). The Kier molecular flexibility index (Phi) is 5.69. The van der Waals surface area contributed by atoms with Crippen LogP contribution in [0, 0.1) is 0 Å². The van der Waals surface area contributed by atoms with Crippen molar-refractivity contribution in [2.45, 2.75) is 52.4 Å². The molecule has 0 radical (unpaired) electrons. The average Bonchev–Trinajstić information content (AvgIpc) is 3.18. The highest BCUT2D eigenvalue weighted by molar-refractivity contribution is 7.25. The predicted octanol–water partition coefficient (Wildman–Crippen LogP) is 3.40. The topological polar surface area (TPSA) is 68.5 Å². The monoisotopic (exact) mass is 427 g/mol. The predicted molar refractivity (Wildman–Crippen MR) is 122 cm³/mol. The van der Waals surface area contributed by atoms with E-state index in [2.05, 4.69) is 44.0 Å². The Hall–Kier alpha value is -2.06. The molecule has 3 aromatic rings. The minimum Gasteiger partial charge on any atom is -0.373 e. The molecule has 160 valence electrons. The normalized spacial score (nSPS) is 16.9. The second-order valence-corrected chi connectivity index (χ2v) is 9.34. The molecule has 3 aromatic heterocycles. The first kappa shape index (κ1) is 19.9. The number of aromatic nitrogens is 4. The molecule has 0 aromatic carbocycles. The average molecular weight is 428 g/mol. The molecule has 1 aliphatic heterocycles. The van der Waals surface area contributed by atoms with Crippen LogP contribution in [0.3, 0.4) is 0 Å². The highest BCUT2D eigenvalue weighted by atomic mass is 32.1. The molecule has 30 heavy (non-hydrogen) atoms. The second-order valence-electron chi connectivity index (χ2n) is 8.32. The number of hydrogen-bond donors (Lipinski definition) is 0. The van der Waals surface area contributed by atoms with Gasteiger partial charge in [-0.05, 0) is 49.3 Å². The molecule has 1 fully saturated rings. The zero-order valence-corrected chi connectivity index (χ0v) is 18.9. The van der Waals surface area contributed by atoms with Gasteiger partial charge in [-0.1, -0.05) is 25.2 Å². The number of nitrogens with zero attached hydrogens (tertiary/aromatic N) is 5. The van der Waals surface area contributed by atoms with Crippen LogP contribution in [0.5, 0.6) is 0 Å². The summed E-state index contributed by atoms with van der Waals surface area (Å²) in [6.45, 7) is 9.94. The molecule has 0 atom stereocenters. The van der Waals surface area contributed by atoms with Gasteiger partial charge in [0, 0.05) is 18.7 Å². The van der Waals surface area contributed by atoms with Gasteiger partial charge >= 0.3 is 0 Å². The highest BCUT2D eigenvalue weighted by Crippen LogP contribution is 2.41. The third-order valence-corrected chi connectivity index (χ3v) is 7.36. The van der Waals surface area contributed by atoms with E-state index in [1.165, 1.54) is 44.7 Å². The van der Waals surface area contributed by atoms with Crippen LogP contribution in [0.15, 0.2) is 0 Å². The number of aryl methyl sites for hydroxylation is 1. The van der Waals surface area contributed by atoms with Crippen molar-refractivity contribution in [1.29, 1.82) is 0 Å². The number of hydrogen-bond acceptors (Lipinski definition) is 7. The van der Waals surface area contributed by atoms with Gasteiger partial charge in [0.25, 0.3) is 5.82 Å². The van der Waals surface area contributed by atoms with Crippen molar-refractivity contribution in [2.75, 3.05) is 49.2 Å². The molecule has 0 saturated carbocycles. The minimum absolute atomic E-state index is 0.801. The van der Waals surface area contributed by atoms with Crippen molar-refractivity contribution in [1.82, 2.24) is 15.4 Å². The Morgan fingerprint density at radius 3 is 2.50 bits per heavy atom. The molecule has 1 aliphatic carbocycles. The highest BCUT2D eigenvalue weighted by Gasteiger charge is 2.31. The van der Waals surface area contributed by atoms with E-state index in [-0.39, 0.29) is 0 Å². The van der Waals surface area contributed by atoms with Crippen molar-refractivity contribution < 1.29 is 9.72 Å². The summed E-state index contributed by atoms with van der Waals surface area (Å²) >= 11 is 1.80. The summed E-state index contributed by atoms with van der Waals surface area (Å²) in [6.07, 6.45) is 6.95. The van der Waals surface area contributed by atoms with Crippen molar-refractivity contribution in [2.24, 2.45) is 0 Å². The maximum absolute atomic E-state index is 5.60. The van der Waals surface area contributed by atoms with E-state index < -0.39 is 0 Å². The molecule has 0 spiro atoms. The van der Waals surface area contributed by atoms with Gasteiger partial charge in [-0.2, -0.15) is 0 Å². The number of pyridine rings is 1. The maximum atomic E-state index is 5.60. The lowest BCUT2D eigenvalue weighted by Gasteiger charge is -2.25. The smallest absolute Gasteiger partial charge is 0.279 e. The summed E-state index contributed by atoms with van der Waals surface area (Å²) in [6, 6.07) is 0. The Balaban J connectivity index is 1.72. The Morgan fingerprint density at radius 1 is 1.03 bits per heavy atom. The van der Waals surface area contributed by atoms with Gasteiger partial charge in [0.15, 0.2) is 10.6 Å². The maximum Gasteiger partial charge on any atom is 0.279 e. The number of morpholine rings is 1. The van der Waals surface area contributed by atoms with Gasteiger partial charge in [-0.3, -0.25) is 4.90 Å². The molecule has 1 saturated heterocycles. The fourth-order valence-electron chi connectivity index (χ4n) is 4.94. The third kappa shape index (κ3) is 3.39. The van der Waals surface area contributed by atoms with Gasteiger partial charge in [0.1, 0.15) is 23.3 Å². The van der Waals surface area contributed by atoms with Crippen LogP contribution in [0.25, 0.3) is 20.4 Å². The number of rotatable bonds is 6. The lowest BCUT2D eigenvalue weighted by atomic mass is 9.90. The van der Waals surface area contributed by atoms with Crippen LogP contribution in [0.2, 0.25) is 0 Å². The molecule has 2 aliphatic rings. The number of thiophene rings is 1. The van der Waals surface area contributed by atoms with Crippen LogP contribution in [0.4, 0.5) is 11.6 Å². The summed E-state index contributed by atoms with van der Waals surface area (Å²) in [5.74, 6) is 2.30. The summed E-state index contributed by atoms with van der Waals surface area (Å²) in [5, 5.41) is 14.5. The molecular weight excluding hydrogens is 396 g/mol. The zero-order valence-electron chi connectivity index (χ0n) is 18.0. The molecule has 1 N–H and O–H groups in total. The molecule has 0 unspecified atom stereocenters. The van der Waals surface area contributed by atoms with Crippen LogP contribution >= 0.6 is 11.3 Å². The van der Waals surface area contributed by atoms with Crippen molar-refractivity contribution >= 4 is 43.4 Å². The van der Waals surface area contributed by atoms with Crippen molar-refractivity contribution in [3.05, 3.63) is 11.1 Å². The van der Waals surface area contributed by atoms with E-state index in [0.717, 1.165) is 76.4 Å². The fourth-order valence-corrected chi connectivity index (χ4v) is 6.12. The van der Waals surface area contributed by atoms with E-state index in [4.69, 9.17) is 4.74 Å². The van der Waals surface area contributed by atoms with E-state index in [1.54, 1.807) is 11.3 Å². The van der Waals surface area contributed by atoms with E-state index in [9.17, 15) is 0 Å². The van der Waals surface area contributed by atoms with Crippen LogP contribution in [0.1, 0.15) is 50.7 Å². The molecule has 4 heterocycles. The molecular formula is C22H31N6OS+. The summed E-state index contributed by atoms with van der Waals surface area (Å²) in [7, 11) is 0. The summed E-state index contributed by atoms with van der Waals surface area (Å²) in [4.78, 5) is 9.88. The number of H-pyrrole nitrogens is 1. The number of anilines is 2. The molecule has 7 nitrogen and oxygen atoms in total. The quantitative estimate of drug-likeness (QED) is 0.601. The first-order valence-electron chi connectivity index (χ1n) is 11.4. The summed E-state index contributed by atoms with van der Waals surface area (Å²) < 4.78 is 6.78. The fraction of sp³-hybridized carbons (Fsp3) is 0.636. The van der Waals surface area contributed by atoms with Crippen molar-refractivity contribution in [3.63, 3.8) is 0 Å². The van der Waals surface area contributed by atoms with Crippen LogP contribution < -0.4 is 14.8 Å². The lowest BCUT2D eigenvalue weighted by Crippen LogP contribution is -2.40. The second kappa shape index (κ2) is 8.59. The molecule has 8 heteroatoms. The van der Waals surface area contributed by atoms with E-state index in [0.29, 0.717) is 0 Å². The van der Waals surface area contributed by atoms with Gasteiger partial charge in [0.2, 0.25) is 0 Å². The lowest BCUT2D eigenvalue weighted by molar-refractivity contribution is -0.328. The number of aromatic amines is 1. The number of nitrogens with one attached hydrogen (secondary N) is 1. The van der Waals surface area contributed by atoms with Gasteiger partial charge in [-0.15, -0.1) is 10.2 Å². The van der Waals surface area contributed by atoms with Gasteiger partial charge < -0.3 is 9.64 Å².